The van der Waals surface area contributed by atoms with Crippen LogP contribution < -0.4 is 4.74 Å². The van der Waals surface area contributed by atoms with Gasteiger partial charge in [-0.2, -0.15) is 0 Å². The molecule has 0 bridgehead atoms. The first-order valence-corrected chi connectivity index (χ1v) is 9.63. The number of hydrogen-bond acceptors (Lipinski definition) is 5. The SMILES string of the molecule is CCOC(=O)COc1cccc(C2CCCC(N(C=O)OC(C)(C)C)C2)c1. The Bertz CT molecular complexity index is 625. The molecule has 0 aromatic heterocycles. The van der Waals surface area contributed by atoms with Gasteiger partial charge in [0, 0.05) is 0 Å². The lowest BCUT2D eigenvalue weighted by atomic mass is 9.81. The van der Waals surface area contributed by atoms with Crippen molar-refractivity contribution in [3.63, 3.8) is 0 Å². The Balaban J connectivity index is 2.01. The molecule has 0 heterocycles. The number of amides is 1. The van der Waals surface area contributed by atoms with Gasteiger partial charge < -0.3 is 9.47 Å². The first-order chi connectivity index (χ1) is 12.8. The van der Waals surface area contributed by atoms with Crippen molar-refractivity contribution in [1.82, 2.24) is 5.06 Å². The van der Waals surface area contributed by atoms with Crippen LogP contribution in [-0.4, -0.2) is 42.3 Å². The topological polar surface area (TPSA) is 65.1 Å². The van der Waals surface area contributed by atoms with Gasteiger partial charge in [0.1, 0.15) is 5.75 Å². The van der Waals surface area contributed by atoms with E-state index in [2.05, 4.69) is 6.07 Å². The molecule has 0 spiro atoms. The number of benzene rings is 1. The molecule has 0 radical (unpaired) electrons. The van der Waals surface area contributed by atoms with Crippen LogP contribution in [0.3, 0.4) is 0 Å². The van der Waals surface area contributed by atoms with Crippen molar-refractivity contribution in [1.29, 1.82) is 0 Å². The van der Waals surface area contributed by atoms with Crippen molar-refractivity contribution in [3.8, 4) is 5.75 Å². The number of rotatable bonds is 8. The zero-order chi connectivity index (χ0) is 19.9. The van der Waals surface area contributed by atoms with Gasteiger partial charge in [0.2, 0.25) is 6.41 Å². The number of nitrogens with zero attached hydrogens (tertiary/aromatic N) is 1. The molecule has 1 saturated carbocycles. The molecule has 6 heteroatoms. The minimum absolute atomic E-state index is 0.0598. The maximum atomic E-state index is 11.5. The van der Waals surface area contributed by atoms with Gasteiger partial charge in [-0.25, -0.2) is 9.86 Å². The molecular weight excluding hydrogens is 346 g/mol. The van der Waals surface area contributed by atoms with Gasteiger partial charge in [-0.15, -0.1) is 0 Å². The highest BCUT2D eigenvalue weighted by atomic mass is 16.7. The van der Waals surface area contributed by atoms with Crippen LogP contribution >= 0.6 is 0 Å². The van der Waals surface area contributed by atoms with Gasteiger partial charge in [0.25, 0.3) is 0 Å². The Kier molecular flexibility index (Phi) is 7.66. The lowest BCUT2D eigenvalue weighted by Gasteiger charge is -2.37. The molecule has 2 rings (SSSR count). The Labute approximate surface area is 161 Å². The molecule has 1 aliphatic rings. The molecule has 27 heavy (non-hydrogen) atoms. The van der Waals surface area contributed by atoms with Crippen molar-refractivity contribution >= 4 is 12.4 Å². The molecule has 0 N–H and O–H groups in total. The second-order valence-corrected chi connectivity index (χ2v) is 7.85. The Morgan fingerprint density at radius 1 is 1.30 bits per heavy atom. The van der Waals surface area contributed by atoms with Crippen molar-refractivity contribution in [2.24, 2.45) is 0 Å². The first kappa shape index (κ1) is 21.2. The fraction of sp³-hybridized carbons (Fsp3) is 0.619. The summed E-state index contributed by atoms with van der Waals surface area (Å²) in [6, 6.07) is 7.87. The van der Waals surface area contributed by atoms with Gasteiger partial charge in [-0.3, -0.25) is 9.63 Å². The van der Waals surface area contributed by atoms with Gasteiger partial charge in [0.05, 0.1) is 18.2 Å². The van der Waals surface area contributed by atoms with Crippen LogP contribution in [0, 0.1) is 0 Å². The largest absolute Gasteiger partial charge is 0.482 e. The average Bonchev–Trinajstić information content (AvgIpc) is 2.64. The fourth-order valence-corrected chi connectivity index (χ4v) is 3.40. The number of ether oxygens (including phenoxy) is 2. The summed E-state index contributed by atoms with van der Waals surface area (Å²) in [6.07, 6.45) is 4.65. The van der Waals surface area contributed by atoms with E-state index in [0.29, 0.717) is 18.3 Å². The van der Waals surface area contributed by atoms with E-state index in [9.17, 15) is 9.59 Å². The second kappa shape index (κ2) is 9.74. The van der Waals surface area contributed by atoms with Crippen LogP contribution in [0.1, 0.15) is 64.9 Å². The third kappa shape index (κ3) is 6.86. The zero-order valence-electron chi connectivity index (χ0n) is 16.8. The fourth-order valence-electron chi connectivity index (χ4n) is 3.40. The van der Waals surface area contributed by atoms with Crippen LogP contribution in [-0.2, 0) is 19.2 Å². The van der Waals surface area contributed by atoms with E-state index in [0.717, 1.165) is 37.7 Å². The zero-order valence-corrected chi connectivity index (χ0v) is 16.8. The summed E-state index contributed by atoms with van der Waals surface area (Å²) >= 11 is 0. The number of hydrogen-bond donors (Lipinski definition) is 0. The first-order valence-electron chi connectivity index (χ1n) is 9.63. The molecule has 1 aromatic rings. The van der Waals surface area contributed by atoms with Crippen LogP contribution in [0.4, 0.5) is 0 Å². The van der Waals surface area contributed by atoms with Gasteiger partial charge in [0.15, 0.2) is 6.61 Å². The number of hydroxylamine groups is 2. The van der Waals surface area contributed by atoms with E-state index in [-0.39, 0.29) is 18.6 Å². The van der Waals surface area contributed by atoms with Crippen LogP contribution in [0.25, 0.3) is 0 Å². The number of carbonyl (C=O) groups excluding carboxylic acids is 2. The van der Waals surface area contributed by atoms with Crippen molar-refractivity contribution in [3.05, 3.63) is 29.8 Å². The quantitative estimate of drug-likeness (QED) is 0.391. The molecule has 0 saturated heterocycles. The molecule has 0 aliphatic heterocycles. The third-order valence-corrected chi connectivity index (χ3v) is 4.48. The summed E-state index contributed by atoms with van der Waals surface area (Å²) in [7, 11) is 0. The highest BCUT2D eigenvalue weighted by Gasteiger charge is 2.30. The van der Waals surface area contributed by atoms with Gasteiger partial charge in [-0.1, -0.05) is 18.6 Å². The molecule has 6 nitrogen and oxygen atoms in total. The summed E-state index contributed by atoms with van der Waals surface area (Å²) < 4.78 is 10.4. The van der Waals surface area contributed by atoms with E-state index in [1.54, 1.807) is 6.92 Å². The van der Waals surface area contributed by atoms with Gasteiger partial charge >= 0.3 is 5.97 Å². The van der Waals surface area contributed by atoms with E-state index in [4.69, 9.17) is 14.3 Å². The van der Waals surface area contributed by atoms with Crippen LogP contribution in [0.5, 0.6) is 5.75 Å². The van der Waals surface area contributed by atoms with Crippen molar-refractivity contribution in [2.75, 3.05) is 13.2 Å². The summed E-state index contributed by atoms with van der Waals surface area (Å²) in [5.74, 6) is 0.600. The molecule has 1 amide bonds. The summed E-state index contributed by atoms with van der Waals surface area (Å²) in [4.78, 5) is 28.8. The lowest BCUT2D eigenvalue weighted by molar-refractivity contribution is -0.235. The van der Waals surface area contributed by atoms with E-state index < -0.39 is 5.60 Å². The van der Waals surface area contributed by atoms with Crippen molar-refractivity contribution < 1.29 is 23.9 Å². The predicted octanol–water partition coefficient (Wildman–Crippen LogP) is 3.84. The summed E-state index contributed by atoms with van der Waals surface area (Å²) in [6.45, 7) is 7.83. The molecule has 150 valence electrons. The third-order valence-electron chi connectivity index (χ3n) is 4.48. The Morgan fingerprint density at radius 3 is 2.74 bits per heavy atom. The second-order valence-electron chi connectivity index (χ2n) is 7.85. The smallest absolute Gasteiger partial charge is 0.344 e. The number of carbonyl (C=O) groups is 2. The minimum Gasteiger partial charge on any atom is -0.482 e. The monoisotopic (exact) mass is 377 g/mol. The molecular formula is C21H31NO5. The summed E-state index contributed by atoms with van der Waals surface area (Å²) in [5.41, 5.74) is 0.747. The van der Waals surface area contributed by atoms with Crippen molar-refractivity contribution in [2.45, 2.75) is 70.9 Å². The van der Waals surface area contributed by atoms with Crippen LogP contribution in [0.2, 0.25) is 0 Å². The maximum Gasteiger partial charge on any atom is 0.344 e. The standard InChI is InChI=1S/C21H31NO5/c1-5-25-20(24)14-26-19-11-7-9-17(13-19)16-8-6-10-18(12-16)22(15-23)27-21(2,3)4/h7,9,11,13,15-16,18H,5-6,8,10,12,14H2,1-4H3. The van der Waals surface area contributed by atoms with E-state index >= 15 is 0 Å². The van der Waals surface area contributed by atoms with Gasteiger partial charge in [-0.05, 0) is 70.6 Å². The van der Waals surface area contributed by atoms with E-state index in [1.807, 2.05) is 39.0 Å². The molecule has 2 atom stereocenters. The highest BCUT2D eigenvalue weighted by molar-refractivity contribution is 5.71. The number of esters is 1. The molecule has 1 aliphatic carbocycles. The normalized spacial score (nSPS) is 20.0. The summed E-state index contributed by atoms with van der Waals surface area (Å²) in [5, 5.41) is 1.48. The lowest BCUT2D eigenvalue weighted by Crippen LogP contribution is -2.42. The van der Waals surface area contributed by atoms with Crippen LogP contribution in [0.15, 0.2) is 24.3 Å². The maximum absolute atomic E-state index is 11.5. The Hall–Kier alpha value is -2.08. The molecule has 1 fully saturated rings. The molecule has 2 unspecified atom stereocenters. The minimum atomic E-state index is -0.408. The Morgan fingerprint density at radius 2 is 2.07 bits per heavy atom. The van der Waals surface area contributed by atoms with E-state index in [1.165, 1.54) is 5.06 Å². The average molecular weight is 377 g/mol. The molecule has 1 aromatic carbocycles. The predicted molar refractivity (Wildman–Crippen MR) is 102 cm³/mol. The highest BCUT2D eigenvalue weighted by Crippen LogP contribution is 2.36.